The normalized spacial score (nSPS) is 11.7. The van der Waals surface area contributed by atoms with Gasteiger partial charge in [-0.2, -0.15) is 0 Å². The minimum Gasteiger partial charge on any atom is -0.495 e. The maximum Gasteiger partial charge on any atom is 0.342 e. The molecule has 2 aromatic heterocycles. The van der Waals surface area contributed by atoms with Crippen LogP contribution in [0.3, 0.4) is 0 Å². The predicted molar refractivity (Wildman–Crippen MR) is 111 cm³/mol. The fourth-order valence-corrected chi connectivity index (χ4v) is 3.74. The zero-order chi connectivity index (χ0) is 20.4. The molecular weight excluding hydrogens is 390 g/mol. The summed E-state index contributed by atoms with van der Waals surface area (Å²) in [6.45, 7) is 1.65. The van der Waals surface area contributed by atoms with Crippen LogP contribution >= 0.6 is 11.8 Å². The number of aromatic amines is 1. The minimum absolute atomic E-state index is 0.0644. The highest BCUT2D eigenvalue weighted by Gasteiger charge is 2.19. The molecule has 0 spiro atoms. The van der Waals surface area contributed by atoms with Gasteiger partial charge in [0, 0.05) is 17.9 Å². The number of aliphatic carboxylic acids is 1. The van der Waals surface area contributed by atoms with Crippen molar-refractivity contribution in [3.8, 4) is 17.0 Å². The molecule has 0 unspecified atom stereocenters. The van der Waals surface area contributed by atoms with E-state index in [1.54, 1.807) is 20.1 Å². The zero-order valence-corrected chi connectivity index (χ0v) is 16.5. The van der Waals surface area contributed by atoms with Crippen molar-refractivity contribution in [2.24, 2.45) is 0 Å². The number of H-pyrrole nitrogens is 1. The molecule has 4 rings (SSSR count). The van der Waals surface area contributed by atoms with Gasteiger partial charge >= 0.3 is 5.97 Å². The highest BCUT2D eigenvalue weighted by atomic mass is 32.2. The molecule has 0 atom stereocenters. The summed E-state index contributed by atoms with van der Waals surface area (Å²) in [6.07, 6.45) is 1.62. The monoisotopic (exact) mass is 407 g/mol. The van der Waals surface area contributed by atoms with E-state index in [0.29, 0.717) is 11.6 Å². The van der Waals surface area contributed by atoms with E-state index in [0.717, 1.165) is 39.5 Å². The molecule has 0 aliphatic heterocycles. The molecule has 2 aromatic carbocycles. The number of hydrogen-bond acceptors (Lipinski definition) is 6. The Morgan fingerprint density at radius 3 is 2.62 bits per heavy atom. The van der Waals surface area contributed by atoms with Crippen LogP contribution in [0.4, 0.5) is 0 Å². The van der Waals surface area contributed by atoms with E-state index >= 15 is 0 Å². The molecule has 0 aliphatic rings. The first kappa shape index (κ1) is 18.8. The second kappa shape index (κ2) is 7.84. The van der Waals surface area contributed by atoms with E-state index in [2.05, 4.69) is 15.2 Å². The summed E-state index contributed by atoms with van der Waals surface area (Å²) >= 11 is 0.914. The molecule has 4 aromatic rings. The van der Waals surface area contributed by atoms with Gasteiger partial charge in [0.25, 0.3) is 5.22 Å². The molecule has 0 radical (unpaired) electrons. The molecule has 29 heavy (non-hydrogen) atoms. The van der Waals surface area contributed by atoms with Crippen molar-refractivity contribution < 1.29 is 19.1 Å². The molecule has 146 valence electrons. The predicted octanol–water partition coefficient (Wildman–Crippen LogP) is 4.75. The van der Waals surface area contributed by atoms with E-state index in [-0.39, 0.29) is 10.1 Å². The number of carboxylic acids is 1. The lowest BCUT2D eigenvalue weighted by Gasteiger charge is -2.03. The summed E-state index contributed by atoms with van der Waals surface area (Å²) in [5, 5.41) is 18.4. The van der Waals surface area contributed by atoms with E-state index in [1.165, 1.54) is 0 Å². The number of nitrogens with zero attached hydrogens (tertiary/aromatic N) is 2. The molecule has 0 saturated carbocycles. The van der Waals surface area contributed by atoms with Gasteiger partial charge in [0.05, 0.1) is 18.3 Å². The van der Waals surface area contributed by atoms with Crippen molar-refractivity contribution >= 4 is 34.7 Å². The molecule has 0 bridgehead atoms. The average molecular weight is 407 g/mol. The Balaban J connectivity index is 1.92. The van der Waals surface area contributed by atoms with E-state index in [1.807, 2.05) is 48.5 Å². The number of methoxy groups -OCH3 is 1. The van der Waals surface area contributed by atoms with Crippen LogP contribution in [0.15, 0.2) is 63.1 Å². The van der Waals surface area contributed by atoms with Crippen LogP contribution in [0.1, 0.15) is 11.5 Å². The molecule has 0 saturated heterocycles. The number of para-hydroxylation sites is 1. The third kappa shape index (κ3) is 3.74. The first-order valence-electron chi connectivity index (χ1n) is 8.74. The number of rotatable bonds is 6. The van der Waals surface area contributed by atoms with Gasteiger partial charge in [-0.1, -0.05) is 42.5 Å². The van der Waals surface area contributed by atoms with Crippen molar-refractivity contribution in [2.75, 3.05) is 7.11 Å². The third-order valence-corrected chi connectivity index (χ3v) is 5.16. The van der Waals surface area contributed by atoms with Crippen molar-refractivity contribution in [3.05, 3.63) is 64.9 Å². The Morgan fingerprint density at radius 1 is 1.17 bits per heavy atom. The standard InChI is InChI=1S/C21H17N3O4S/c1-12-23-24-21(28-12)29-17(20(25)26)11-15-14-9-6-10-16(27-2)19(14)22-18(15)13-7-4-3-5-8-13/h3-11,22H,1-2H3,(H,25,26)/b17-11-. The number of aromatic nitrogens is 3. The van der Waals surface area contributed by atoms with E-state index in [4.69, 9.17) is 9.15 Å². The molecule has 2 N–H and O–H groups in total. The summed E-state index contributed by atoms with van der Waals surface area (Å²) in [5.74, 6) is -0.0301. The van der Waals surface area contributed by atoms with Crippen LogP contribution in [0, 0.1) is 6.92 Å². The first-order chi connectivity index (χ1) is 14.1. The van der Waals surface area contributed by atoms with Crippen LogP contribution in [0.2, 0.25) is 0 Å². The molecule has 0 amide bonds. The van der Waals surface area contributed by atoms with Crippen molar-refractivity contribution in [2.45, 2.75) is 12.1 Å². The SMILES string of the molecule is COc1cccc2c(/C=C(\Sc3nnc(C)o3)C(=O)O)c(-c3ccccc3)[nH]c12. The molecular formula is C21H17N3O4S. The number of carboxylic acid groups (broad SMARTS) is 1. The average Bonchev–Trinajstić information content (AvgIpc) is 3.31. The number of carbonyl (C=O) groups is 1. The molecule has 2 heterocycles. The van der Waals surface area contributed by atoms with Gasteiger partial charge < -0.3 is 19.2 Å². The van der Waals surface area contributed by atoms with E-state index < -0.39 is 5.97 Å². The lowest BCUT2D eigenvalue weighted by Crippen LogP contribution is -1.97. The third-order valence-electron chi connectivity index (χ3n) is 4.31. The van der Waals surface area contributed by atoms with Crippen molar-refractivity contribution in [1.82, 2.24) is 15.2 Å². The molecule has 7 nitrogen and oxygen atoms in total. The fraction of sp³-hybridized carbons (Fsp3) is 0.0952. The number of aryl methyl sites for hydroxylation is 1. The van der Waals surface area contributed by atoms with Crippen molar-refractivity contribution in [1.29, 1.82) is 0 Å². The Bertz CT molecular complexity index is 1210. The highest BCUT2D eigenvalue weighted by Crippen LogP contribution is 2.38. The van der Waals surface area contributed by atoms with Crippen LogP contribution in [0.25, 0.3) is 28.2 Å². The maximum atomic E-state index is 11.9. The molecule has 0 aliphatic carbocycles. The Kier molecular flexibility index (Phi) is 5.09. The zero-order valence-electron chi connectivity index (χ0n) is 15.7. The largest absolute Gasteiger partial charge is 0.495 e. The number of ether oxygens (including phenoxy) is 1. The second-order valence-corrected chi connectivity index (χ2v) is 7.16. The first-order valence-corrected chi connectivity index (χ1v) is 9.55. The second-order valence-electron chi connectivity index (χ2n) is 6.17. The number of fused-ring (bicyclic) bond motifs is 1. The summed E-state index contributed by atoms with van der Waals surface area (Å²) in [4.78, 5) is 15.4. The van der Waals surface area contributed by atoms with Gasteiger partial charge in [-0.25, -0.2) is 4.79 Å². The van der Waals surface area contributed by atoms with Gasteiger partial charge in [0.15, 0.2) is 0 Å². The number of benzene rings is 2. The maximum absolute atomic E-state index is 11.9. The Morgan fingerprint density at radius 2 is 1.97 bits per heavy atom. The summed E-state index contributed by atoms with van der Waals surface area (Å²) < 4.78 is 10.8. The van der Waals surface area contributed by atoms with Crippen LogP contribution in [-0.4, -0.2) is 33.4 Å². The number of hydrogen-bond donors (Lipinski definition) is 2. The Labute approximate surface area is 170 Å². The molecule has 0 fully saturated rings. The summed E-state index contributed by atoms with van der Waals surface area (Å²) in [5.41, 5.74) is 3.27. The Hall–Kier alpha value is -3.52. The topological polar surface area (TPSA) is 101 Å². The number of nitrogens with one attached hydrogen (secondary N) is 1. The van der Waals surface area contributed by atoms with E-state index in [9.17, 15) is 9.90 Å². The highest BCUT2D eigenvalue weighted by molar-refractivity contribution is 8.03. The smallest absolute Gasteiger partial charge is 0.342 e. The van der Waals surface area contributed by atoms with Gasteiger partial charge in [-0.3, -0.25) is 0 Å². The molecule has 8 heteroatoms. The van der Waals surface area contributed by atoms with Crippen LogP contribution in [-0.2, 0) is 4.79 Å². The lowest BCUT2D eigenvalue weighted by atomic mass is 10.0. The van der Waals surface area contributed by atoms with Gasteiger partial charge in [-0.05, 0) is 29.5 Å². The van der Waals surface area contributed by atoms with Crippen LogP contribution in [0.5, 0.6) is 5.75 Å². The van der Waals surface area contributed by atoms with Gasteiger partial charge in [-0.15, -0.1) is 10.2 Å². The van der Waals surface area contributed by atoms with Crippen LogP contribution < -0.4 is 4.74 Å². The summed E-state index contributed by atoms with van der Waals surface area (Å²) in [6, 6.07) is 15.4. The van der Waals surface area contributed by atoms with Gasteiger partial charge in [0.2, 0.25) is 5.89 Å². The quantitative estimate of drug-likeness (QED) is 0.351. The minimum atomic E-state index is -1.08. The number of thioether (sulfide) groups is 1. The van der Waals surface area contributed by atoms with Gasteiger partial charge in [0.1, 0.15) is 10.7 Å². The fourth-order valence-electron chi connectivity index (χ4n) is 3.04. The van der Waals surface area contributed by atoms with Crippen molar-refractivity contribution in [3.63, 3.8) is 0 Å². The lowest BCUT2D eigenvalue weighted by molar-refractivity contribution is -0.131. The summed E-state index contributed by atoms with van der Waals surface area (Å²) in [7, 11) is 1.60.